The van der Waals surface area contributed by atoms with E-state index in [1.54, 1.807) is 18.8 Å². The Hall–Kier alpha value is -1.04. The van der Waals surface area contributed by atoms with Gasteiger partial charge in [-0.2, -0.15) is 11.8 Å². The predicted octanol–water partition coefficient (Wildman–Crippen LogP) is 3.49. The van der Waals surface area contributed by atoms with Crippen molar-refractivity contribution < 1.29 is 8.78 Å². The van der Waals surface area contributed by atoms with E-state index in [0.29, 0.717) is 5.25 Å². The summed E-state index contributed by atoms with van der Waals surface area (Å²) in [5.41, 5.74) is 0. The van der Waals surface area contributed by atoms with E-state index < -0.39 is 11.6 Å². The van der Waals surface area contributed by atoms with Gasteiger partial charge in [0.25, 0.3) is 0 Å². The molecule has 1 fully saturated rings. The summed E-state index contributed by atoms with van der Waals surface area (Å²) in [5, 5.41) is 6.22. The number of thioether (sulfide) groups is 1. The number of hydrogen-bond acceptors (Lipinski definition) is 4. The number of aromatic nitrogens is 1. The predicted molar refractivity (Wildman–Crippen MR) is 76.9 cm³/mol. The Bertz CT molecular complexity index is 442. The molecule has 0 bridgehead atoms. The quantitative estimate of drug-likeness (QED) is 0.889. The van der Waals surface area contributed by atoms with Gasteiger partial charge in [-0.15, -0.1) is 0 Å². The summed E-state index contributed by atoms with van der Waals surface area (Å²) in [6.45, 7) is 0. The standard InChI is InChI=1S/C13H19F2N3S/c1-16-12-8(14)7-9(15)13(18-12)17-10-5-3-4-6-11(10)19-2/h7,10-11H,3-6H2,1-2H3,(H2,16,17,18). The topological polar surface area (TPSA) is 37.0 Å². The van der Waals surface area contributed by atoms with Crippen molar-refractivity contribution in [2.24, 2.45) is 0 Å². The molecule has 0 aliphatic heterocycles. The first-order chi connectivity index (χ1) is 9.15. The smallest absolute Gasteiger partial charge is 0.168 e. The van der Waals surface area contributed by atoms with Gasteiger partial charge < -0.3 is 10.6 Å². The first-order valence-corrected chi connectivity index (χ1v) is 7.77. The van der Waals surface area contributed by atoms with Crippen molar-refractivity contribution in [1.29, 1.82) is 0 Å². The lowest BCUT2D eigenvalue weighted by Gasteiger charge is -2.31. The maximum atomic E-state index is 13.8. The summed E-state index contributed by atoms with van der Waals surface area (Å²) < 4.78 is 27.1. The van der Waals surface area contributed by atoms with Crippen LogP contribution in [0.3, 0.4) is 0 Å². The van der Waals surface area contributed by atoms with Crippen molar-refractivity contribution >= 4 is 23.4 Å². The largest absolute Gasteiger partial charge is 0.371 e. The highest BCUT2D eigenvalue weighted by atomic mass is 32.2. The third-order valence-electron chi connectivity index (χ3n) is 3.49. The summed E-state index contributed by atoms with van der Waals surface area (Å²) in [6, 6.07) is 1.07. The molecule has 0 amide bonds. The molecule has 1 aromatic rings. The molecule has 1 aliphatic rings. The summed E-state index contributed by atoms with van der Waals surface area (Å²) in [7, 11) is 1.57. The highest BCUT2D eigenvalue weighted by Crippen LogP contribution is 2.30. The van der Waals surface area contributed by atoms with Crippen LogP contribution in [0.25, 0.3) is 0 Å². The zero-order valence-electron chi connectivity index (χ0n) is 11.2. The number of halogens is 2. The Labute approximate surface area is 116 Å². The van der Waals surface area contributed by atoms with Gasteiger partial charge in [0.1, 0.15) is 0 Å². The lowest BCUT2D eigenvalue weighted by molar-refractivity contribution is 0.471. The number of nitrogens with zero attached hydrogens (tertiary/aromatic N) is 1. The van der Waals surface area contributed by atoms with E-state index in [2.05, 4.69) is 21.9 Å². The number of pyridine rings is 1. The Morgan fingerprint density at radius 1 is 1.21 bits per heavy atom. The molecule has 2 N–H and O–H groups in total. The highest BCUT2D eigenvalue weighted by molar-refractivity contribution is 7.99. The minimum atomic E-state index is -0.671. The highest BCUT2D eigenvalue weighted by Gasteiger charge is 2.25. The van der Waals surface area contributed by atoms with Crippen molar-refractivity contribution in [2.75, 3.05) is 23.9 Å². The Balaban J connectivity index is 2.17. The van der Waals surface area contributed by atoms with E-state index in [-0.39, 0.29) is 17.7 Å². The zero-order chi connectivity index (χ0) is 13.8. The molecule has 2 rings (SSSR count). The van der Waals surface area contributed by atoms with Crippen LogP contribution in [0.2, 0.25) is 0 Å². The molecule has 0 spiro atoms. The second-order valence-electron chi connectivity index (χ2n) is 4.71. The van der Waals surface area contributed by atoms with E-state index in [9.17, 15) is 8.78 Å². The average molecular weight is 287 g/mol. The fourth-order valence-electron chi connectivity index (χ4n) is 2.46. The van der Waals surface area contributed by atoms with E-state index in [0.717, 1.165) is 25.3 Å². The molecule has 3 nitrogen and oxygen atoms in total. The minimum Gasteiger partial charge on any atom is -0.371 e. The van der Waals surface area contributed by atoms with Crippen LogP contribution in [0, 0.1) is 11.6 Å². The summed E-state index contributed by atoms with van der Waals surface area (Å²) in [4.78, 5) is 3.97. The molecule has 1 aliphatic carbocycles. The van der Waals surface area contributed by atoms with Crippen LogP contribution in [0.5, 0.6) is 0 Å². The van der Waals surface area contributed by atoms with Crippen molar-refractivity contribution in [3.63, 3.8) is 0 Å². The molecule has 1 saturated carbocycles. The van der Waals surface area contributed by atoms with Gasteiger partial charge in [0.2, 0.25) is 0 Å². The minimum absolute atomic E-state index is 0.0698. The molecule has 0 radical (unpaired) electrons. The molecule has 2 unspecified atom stereocenters. The van der Waals surface area contributed by atoms with Crippen LogP contribution in [0.1, 0.15) is 25.7 Å². The molecule has 1 heterocycles. The van der Waals surface area contributed by atoms with Gasteiger partial charge in [0, 0.05) is 24.4 Å². The number of rotatable bonds is 4. The first-order valence-electron chi connectivity index (χ1n) is 6.48. The molecular formula is C13H19F2N3S. The molecule has 19 heavy (non-hydrogen) atoms. The summed E-state index contributed by atoms with van der Waals surface area (Å²) >= 11 is 1.79. The van der Waals surface area contributed by atoms with Crippen LogP contribution >= 0.6 is 11.8 Å². The molecule has 0 saturated heterocycles. The van der Waals surface area contributed by atoms with Crippen LogP contribution in [-0.2, 0) is 0 Å². The number of nitrogens with one attached hydrogen (secondary N) is 2. The van der Waals surface area contributed by atoms with Gasteiger partial charge >= 0.3 is 0 Å². The fraction of sp³-hybridized carbons (Fsp3) is 0.615. The Kier molecular flexibility index (Phi) is 4.85. The zero-order valence-corrected chi connectivity index (χ0v) is 12.0. The summed E-state index contributed by atoms with van der Waals surface area (Å²) in [6.07, 6.45) is 6.54. The van der Waals surface area contributed by atoms with E-state index >= 15 is 0 Å². The van der Waals surface area contributed by atoms with Crippen LogP contribution in [0.4, 0.5) is 20.4 Å². The molecular weight excluding hydrogens is 268 g/mol. The van der Waals surface area contributed by atoms with Crippen LogP contribution in [-0.4, -0.2) is 29.6 Å². The molecule has 106 valence electrons. The van der Waals surface area contributed by atoms with Crippen LogP contribution < -0.4 is 10.6 Å². The normalized spacial score (nSPS) is 23.2. The SMILES string of the molecule is CNc1nc(NC2CCCCC2SC)c(F)cc1F. The lowest BCUT2D eigenvalue weighted by atomic mass is 9.95. The molecule has 1 aromatic heterocycles. The second-order valence-corrected chi connectivity index (χ2v) is 5.79. The third-order valence-corrected chi connectivity index (χ3v) is 4.66. The molecule has 2 atom stereocenters. The molecule has 6 heteroatoms. The maximum Gasteiger partial charge on any atom is 0.168 e. The van der Waals surface area contributed by atoms with Gasteiger partial charge in [-0.3, -0.25) is 0 Å². The van der Waals surface area contributed by atoms with Gasteiger partial charge in [-0.25, -0.2) is 13.8 Å². The second kappa shape index (κ2) is 6.41. The number of hydrogen-bond donors (Lipinski definition) is 2. The van der Waals surface area contributed by atoms with Gasteiger partial charge in [0.05, 0.1) is 0 Å². The molecule has 0 aromatic carbocycles. The van der Waals surface area contributed by atoms with Crippen molar-refractivity contribution in [2.45, 2.75) is 37.0 Å². The Morgan fingerprint density at radius 3 is 2.58 bits per heavy atom. The maximum absolute atomic E-state index is 13.8. The van der Waals surface area contributed by atoms with E-state index in [1.165, 1.54) is 6.42 Å². The lowest BCUT2D eigenvalue weighted by Crippen LogP contribution is -2.35. The Morgan fingerprint density at radius 2 is 1.89 bits per heavy atom. The van der Waals surface area contributed by atoms with Crippen molar-refractivity contribution in [1.82, 2.24) is 4.98 Å². The fourth-order valence-corrected chi connectivity index (χ4v) is 3.40. The first kappa shape index (κ1) is 14.4. The van der Waals surface area contributed by atoms with Gasteiger partial charge in [-0.1, -0.05) is 12.8 Å². The summed E-state index contributed by atoms with van der Waals surface area (Å²) in [5.74, 6) is -1.10. The number of anilines is 2. The van der Waals surface area contributed by atoms with E-state index in [1.807, 2.05) is 0 Å². The van der Waals surface area contributed by atoms with Crippen LogP contribution in [0.15, 0.2) is 6.07 Å². The van der Waals surface area contributed by atoms with Gasteiger partial charge in [0.15, 0.2) is 23.3 Å². The third kappa shape index (κ3) is 3.29. The van der Waals surface area contributed by atoms with Crippen molar-refractivity contribution in [3.8, 4) is 0 Å². The van der Waals surface area contributed by atoms with Gasteiger partial charge in [-0.05, 0) is 19.1 Å². The monoisotopic (exact) mass is 287 g/mol. The average Bonchev–Trinajstić information content (AvgIpc) is 2.42. The van der Waals surface area contributed by atoms with E-state index in [4.69, 9.17) is 0 Å². The van der Waals surface area contributed by atoms with Crippen molar-refractivity contribution in [3.05, 3.63) is 17.7 Å².